The van der Waals surface area contributed by atoms with E-state index in [0.29, 0.717) is 11.5 Å². The minimum absolute atomic E-state index is 0.137. The molecule has 2 nitrogen and oxygen atoms in total. The van der Waals surface area contributed by atoms with Crippen LogP contribution >= 0.6 is 11.8 Å². The normalized spacial score (nSPS) is 10.8. The minimum Gasteiger partial charge on any atom is -0.384 e. The van der Waals surface area contributed by atoms with Crippen LogP contribution in [0.1, 0.15) is 18.9 Å². The molecule has 0 aliphatic rings. The second-order valence-corrected chi connectivity index (χ2v) is 4.92. The molecular weight excluding hydrogens is 237 g/mol. The Labute approximate surface area is 107 Å². The quantitative estimate of drug-likeness (QED) is 0.571. The highest BCUT2D eigenvalue weighted by Crippen LogP contribution is 2.22. The van der Waals surface area contributed by atoms with Crippen LogP contribution < -0.4 is 5.32 Å². The molecule has 96 valence electrons. The number of hydrogen-bond acceptors (Lipinski definition) is 3. The van der Waals surface area contributed by atoms with Gasteiger partial charge in [0.2, 0.25) is 0 Å². The van der Waals surface area contributed by atoms with Gasteiger partial charge in [0.05, 0.1) is 6.61 Å². The molecule has 0 fully saturated rings. The van der Waals surface area contributed by atoms with Gasteiger partial charge in [0.25, 0.3) is 0 Å². The zero-order valence-electron chi connectivity index (χ0n) is 10.5. The molecule has 0 saturated heterocycles. The molecule has 17 heavy (non-hydrogen) atoms. The van der Waals surface area contributed by atoms with Crippen molar-refractivity contribution >= 4 is 11.8 Å². The van der Waals surface area contributed by atoms with Crippen molar-refractivity contribution in [3.05, 3.63) is 29.6 Å². The molecule has 4 heteroatoms. The first-order valence-corrected chi connectivity index (χ1v) is 6.87. The van der Waals surface area contributed by atoms with Gasteiger partial charge in [-0.05, 0) is 30.7 Å². The Bertz CT molecular complexity index is 333. The highest BCUT2D eigenvalue weighted by atomic mass is 32.2. The maximum Gasteiger partial charge on any atom is 0.137 e. The van der Waals surface area contributed by atoms with Crippen molar-refractivity contribution in [3.8, 4) is 0 Å². The van der Waals surface area contributed by atoms with Crippen LogP contribution in [0.2, 0.25) is 0 Å². The summed E-state index contributed by atoms with van der Waals surface area (Å²) in [7, 11) is 1.65. The smallest absolute Gasteiger partial charge is 0.137 e. The number of halogens is 1. The van der Waals surface area contributed by atoms with Gasteiger partial charge in [-0.3, -0.25) is 0 Å². The van der Waals surface area contributed by atoms with Crippen molar-refractivity contribution < 1.29 is 9.13 Å². The molecule has 0 amide bonds. The molecule has 0 spiro atoms. The minimum atomic E-state index is -0.137. The van der Waals surface area contributed by atoms with E-state index in [0.717, 1.165) is 30.8 Å². The number of methoxy groups -OCH3 is 1. The SMILES string of the molecule is CCCNCc1ccc(SCCOC)c(F)c1. The molecule has 1 rings (SSSR count). The summed E-state index contributed by atoms with van der Waals surface area (Å²) in [5, 5.41) is 3.26. The van der Waals surface area contributed by atoms with Crippen LogP contribution in [0.4, 0.5) is 4.39 Å². The number of thioether (sulfide) groups is 1. The van der Waals surface area contributed by atoms with E-state index in [1.54, 1.807) is 13.2 Å². The zero-order valence-corrected chi connectivity index (χ0v) is 11.3. The first-order valence-electron chi connectivity index (χ1n) is 5.88. The summed E-state index contributed by atoms with van der Waals surface area (Å²) in [6.07, 6.45) is 1.09. The van der Waals surface area contributed by atoms with Crippen LogP contribution in [0.25, 0.3) is 0 Å². The Morgan fingerprint density at radius 1 is 1.41 bits per heavy atom. The Kier molecular flexibility index (Phi) is 7.24. The Morgan fingerprint density at radius 2 is 2.24 bits per heavy atom. The van der Waals surface area contributed by atoms with E-state index in [4.69, 9.17) is 4.74 Å². The van der Waals surface area contributed by atoms with E-state index in [1.165, 1.54) is 11.8 Å². The molecule has 0 aromatic heterocycles. The van der Waals surface area contributed by atoms with Gasteiger partial charge >= 0.3 is 0 Å². The van der Waals surface area contributed by atoms with Crippen LogP contribution in [0.15, 0.2) is 23.1 Å². The molecule has 1 aromatic carbocycles. The monoisotopic (exact) mass is 257 g/mol. The van der Waals surface area contributed by atoms with Gasteiger partial charge in [-0.2, -0.15) is 0 Å². The van der Waals surface area contributed by atoms with Gasteiger partial charge in [0.15, 0.2) is 0 Å². The Hall–Kier alpha value is -0.580. The molecule has 0 bridgehead atoms. The lowest BCUT2D eigenvalue weighted by atomic mass is 10.2. The first kappa shape index (κ1) is 14.5. The summed E-state index contributed by atoms with van der Waals surface area (Å²) in [5.41, 5.74) is 0.993. The van der Waals surface area contributed by atoms with Gasteiger partial charge in [-0.15, -0.1) is 11.8 Å². The fourth-order valence-electron chi connectivity index (χ4n) is 1.42. The van der Waals surface area contributed by atoms with Crippen LogP contribution in [0, 0.1) is 5.82 Å². The zero-order chi connectivity index (χ0) is 12.5. The molecule has 1 N–H and O–H groups in total. The first-order chi connectivity index (χ1) is 8.27. The molecule has 1 aromatic rings. The van der Waals surface area contributed by atoms with Crippen molar-refractivity contribution in [2.24, 2.45) is 0 Å². The van der Waals surface area contributed by atoms with E-state index >= 15 is 0 Å². The van der Waals surface area contributed by atoms with Gasteiger partial charge in [0.1, 0.15) is 5.82 Å². The fourth-order valence-corrected chi connectivity index (χ4v) is 2.25. The third-order valence-electron chi connectivity index (χ3n) is 2.30. The highest BCUT2D eigenvalue weighted by molar-refractivity contribution is 7.99. The summed E-state index contributed by atoms with van der Waals surface area (Å²) in [4.78, 5) is 0.696. The third kappa shape index (κ3) is 5.52. The van der Waals surface area contributed by atoms with Gasteiger partial charge in [-0.25, -0.2) is 4.39 Å². The average Bonchev–Trinajstić information content (AvgIpc) is 2.32. The lowest BCUT2D eigenvalue weighted by Crippen LogP contribution is -2.13. The molecule has 0 aliphatic carbocycles. The fraction of sp³-hybridized carbons (Fsp3) is 0.538. The largest absolute Gasteiger partial charge is 0.384 e. The predicted molar refractivity (Wildman–Crippen MR) is 71.0 cm³/mol. The second-order valence-electron chi connectivity index (χ2n) is 3.78. The maximum atomic E-state index is 13.7. The predicted octanol–water partition coefficient (Wildman–Crippen LogP) is 3.06. The molecule has 0 aliphatic heterocycles. The highest BCUT2D eigenvalue weighted by Gasteiger charge is 2.03. The summed E-state index contributed by atoms with van der Waals surface area (Å²) in [6, 6.07) is 5.43. The number of benzene rings is 1. The molecule has 0 unspecified atom stereocenters. The van der Waals surface area contributed by atoms with Crippen molar-refractivity contribution in [3.63, 3.8) is 0 Å². The summed E-state index contributed by atoms with van der Waals surface area (Å²) in [6.45, 7) is 4.45. The number of rotatable bonds is 8. The van der Waals surface area contributed by atoms with Gasteiger partial charge in [0, 0.05) is 24.3 Å². The summed E-state index contributed by atoms with van der Waals surface area (Å²) < 4.78 is 18.6. The molecular formula is C13H20FNOS. The lowest BCUT2D eigenvalue weighted by Gasteiger charge is -2.07. The van der Waals surface area contributed by atoms with Crippen molar-refractivity contribution in [2.45, 2.75) is 24.8 Å². The van der Waals surface area contributed by atoms with E-state index in [9.17, 15) is 4.39 Å². The van der Waals surface area contributed by atoms with Crippen LogP contribution in [-0.4, -0.2) is 26.0 Å². The van der Waals surface area contributed by atoms with Crippen LogP contribution in [0.3, 0.4) is 0 Å². The standard InChI is InChI=1S/C13H20FNOS/c1-3-6-15-10-11-4-5-13(12(14)9-11)17-8-7-16-2/h4-5,9,15H,3,6-8,10H2,1-2H3. The number of nitrogens with one attached hydrogen (secondary N) is 1. The van der Waals surface area contributed by atoms with Gasteiger partial charge < -0.3 is 10.1 Å². The third-order valence-corrected chi connectivity index (χ3v) is 3.31. The topological polar surface area (TPSA) is 21.3 Å². The van der Waals surface area contributed by atoms with Gasteiger partial charge in [-0.1, -0.05) is 13.0 Å². The maximum absolute atomic E-state index is 13.7. The van der Waals surface area contributed by atoms with E-state index in [-0.39, 0.29) is 5.82 Å². The lowest BCUT2D eigenvalue weighted by molar-refractivity contribution is 0.218. The Morgan fingerprint density at radius 3 is 2.88 bits per heavy atom. The summed E-state index contributed by atoms with van der Waals surface area (Å²) >= 11 is 1.49. The second kappa shape index (κ2) is 8.50. The van der Waals surface area contributed by atoms with Crippen molar-refractivity contribution in [1.29, 1.82) is 0 Å². The molecule has 0 saturated carbocycles. The summed E-state index contributed by atoms with van der Waals surface area (Å²) in [5.74, 6) is 0.641. The van der Waals surface area contributed by atoms with Crippen LogP contribution in [-0.2, 0) is 11.3 Å². The molecule has 0 atom stereocenters. The number of ether oxygens (including phenoxy) is 1. The van der Waals surface area contributed by atoms with E-state index < -0.39 is 0 Å². The Balaban J connectivity index is 2.47. The van der Waals surface area contributed by atoms with E-state index in [2.05, 4.69) is 12.2 Å². The number of hydrogen-bond donors (Lipinski definition) is 1. The molecule has 0 heterocycles. The molecule has 0 radical (unpaired) electrons. The van der Waals surface area contributed by atoms with Crippen molar-refractivity contribution in [1.82, 2.24) is 5.32 Å². The van der Waals surface area contributed by atoms with E-state index in [1.807, 2.05) is 12.1 Å². The van der Waals surface area contributed by atoms with Crippen LogP contribution in [0.5, 0.6) is 0 Å². The average molecular weight is 257 g/mol. The van der Waals surface area contributed by atoms with Crippen molar-refractivity contribution in [2.75, 3.05) is 26.0 Å².